The minimum absolute atomic E-state index is 0.0880. The highest BCUT2D eigenvalue weighted by molar-refractivity contribution is 6.34. The third kappa shape index (κ3) is 5.90. The Morgan fingerprint density at radius 1 is 0.667 bits per heavy atom. The standard InChI is InChI=1S/C22H18O8/c1-3-13-27-17-11-7-5-9-15(17)19(23)29-21(25)22(26)30-20(24)16-10-6-8-12-18(16)28-14-4-2/h3-12H,1-2,13-14H2. The van der Waals surface area contributed by atoms with Crippen molar-refractivity contribution in [3.05, 3.63) is 85.0 Å². The molecule has 8 heteroatoms. The number of rotatable bonds is 8. The Kier molecular flexibility index (Phi) is 8.07. The largest absolute Gasteiger partial charge is 0.489 e. The van der Waals surface area contributed by atoms with Crippen LogP contribution in [-0.4, -0.2) is 37.1 Å². The van der Waals surface area contributed by atoms with E-state index in [0.29, 0.717) is 0 Å². The Labute approximate surface area is 172 Å². The third-order valence-corrected chi connectivity index (χ3v) is 3.46. The summed E-state index contributed by atoms with van der Waals surface area (Å²) in [7, 11) is 0. The highest BCUT2D eigenvalue weighted by Crippen LogP contribution is 2.20. The fourth-order valence-corrected chi connectivity index (χ4v) is 2.18. The van der Waals surface area contributed by atoms with Crippen molar-refractivity contribution in [2.45, 2.75) is 0 Å². The van der Waals surface area contributed by atoms with Gasteiger partial charge in [0.25, 0.3) is 0 Å². The van der Waals surface area contributed by atoms with Gasteiger partial charge in [0.15, 0.2) is 0 Å². The van der Waals surface area contributed by atoms with Gasteiger partial charge in [-0.25, -0.2) is 19.2 Å². The molecule has 0 radical (unpaired) electrons. The molecule has 0 fully saturated rings. The average molecular weight is 410 g/mol. The van der Waals surface area contributed by atoms with Crippen molar-refractivity contribution in [2.24, 2.45) is 0 Å². The molecule has 2 rings (SSSR count). The second-order valence-corrected chi connectivity index (χ2v) is 5.55. The summed E-state index contributed by atoms with van der Waals surface area (Å²) < 4.78 is 19.6. The maximum atomic E-state index is 12.2. The molecule has 2 aromatic rings. The first-order valence-corrected chi connectivity index (χ1v) is 8.66. The fraction of sp³-hybridized carbons (Fsp3) is 0.0909. The van der Waals surface area contributed by atoms with Gasteiger partial charge in [0.2, 0.25) is 0 Å². The Morgan fingerprint density at radius 2 is 1.03 bits per heavy atom. The van der Waals surface area contributed by atoms with Gasteiger partial charge in [-0.05, 0) is 24.3 Å². The zero-order valence-corrected chi connectivity index (χ0v) is 15.9. The Balaban J connectivity index is 2.04. The van der Waals surface area contributed by atoms with Gasteiger partial charge in [-0.2, -0.15) is 0 Å². The molecular formula is C22H18O8. The molecular weight excluding hydrogens is 392 g/mol. The Hall–Kier alpha value is -4.20. The van der Waals surface area contributed by atoms with Crippen LogP contribution in [0.25, 0.3) is 0 Å². The zero-order valence-electron chi connectivity index (χ0n) is 15.9. The molecule has 0 N–H and O–H groups in total. The summed E-state index contributed by atoms with van der Waals surface area (Å²) in [4.78, 5) is 48.2. The number of carbonyl (C=O) groups excluding carboxylic acids is 4. The second-order valence-electron chi connectivity index (χ2n) is 5.55. The molecule has 0 aliphatic carbocycles. The van der Waals surface area contributed by atoms with Gasteiger partial charge in [-0.1, -0.05) is 49.6 Å². The van der Waals surface area contributed by atoms with Crippen LogP contribution in [0, 0.1) is 0 Å². The molecule has 0 spiro atoms. The molecule has 0 aliphatic rings. The summed E-state index contributed by atoms with van der Waals surface area (Å²) >= 11 is 0. The van der Waals surface area contributed by atoms with Gasteiger partial charge < -0.3 is 18.9 Å². The highest BCUT2D eigenvalue weighted by Gasteiger charge is 2.27. The average Bonchev–Trinajstić information content (AvgIpc) is 2.76. The van der Waals surface area contributed by atoms with E-state index in [1.807, 2.05) is 0 Å². The maximum absolute atomic E-state index is 12.2. The van der Waals surface area contributed by atoms with E-state index in [0.717, 1.165) is 0 Å². The van der Waals surface area contributed by atoms with Crippen LogP contribution in [0.4, 0.5) is 0 Å². The Bertz CT molecular complexity index is 897. The van der Waals surface area contributed by atoms with Crippen LogP contribution in [-0.2, 0) is 19.1 Å². The lowest BCUT2D eigenvalue weighted by molar-refractivity contribution is -0.160. The molecule has 2 aromatic carbocycles. The molecule has 0 unspecified atom stereocenters. The third-order valence-electron chi connectivity index (χ3n) is 3.46. The molecule has 30 heavy (non-hydrogen) atoms. The van der Waals surface area contributed by atoms with E-state index in [2.05, 4.69) is 22.6 Å². The van der Waals surface area contributed by atoms with E-state index in [1.165, 1.54) is 48.6 Å². The number of carbonyl (C=O) groups is 4. The number of benzene rings is 2. The molecule has 0 atom stereocenters. The second kappa shape index (κ2) is 11.0. The zero-order chi connectivity index (χ0) is 21.9. The smallest absolute Gasteiger partial charge is 0.425 e. The van der Waals surface area contributed by atoms with Gasteiger partial charge >= 0.3 is 23.9 Å². The first-order chi connectivity index (χ1) is 14.5. The number of hydrogen-bond donors (Lipinski definition) is 0. The van der Waals surface area contributed by atoms with Gasteiger partial charge in [0, 0.05) is 0 Å². The minimum Gasteiger partial charge on any atom is -0.489 e. The summed E-state index contributed by atoms with van der Waals surface area (Å²) in [5.41, 5.74) is -0.176. The quantitative estimate of drug-likeness (QED) is 0.283. The molecule has 0 bridgehead atoms. The Morgan fingerprint density at radius 3 is 1.40 bits per heavy atom. The van der Waals surface area contributed by atoms with Crippen molar-refractivity contribution < 1.29 is 38.1 Å². The lowest BCUT2D eigenvalue weighted by Gasteiger charge is -2.10. The van der Waals surface area contributed by atoms with E-state index in [4.69, 9.17) is 9.47 Å². The van der Waals surface area contributed by atoms with Gasteiger partial charge in [-0.15, -0.1) is 0 Å². The lowest BCUT2D eigenvalue weighted by Crippen LogP contribution is -2.26. The van der Waals surface area contributed by atoms with Crippen molar-refractivity contribution in [1.29, 1.82) is 0 Å². The van der Waals surface area contributed by atoms with Crippen LogP contribution in [0.5, 0.6) is 11.5 Å². The molecule has 154 valence electrons. The molecule has 0 aliphatic heterocycles. The van der Waals surface area contributed by atoms with E-state index in [-0.39, 0.29) is 35.8 Å². The van der Waals surface area contributed by atoms with E-state index in [1.54, 1.807) is 12.1 Å². The summed E-state index contributed by atoms with van der Waals surface area (Å²) in [5, 5.41) is 0. The lowest BCUT2D eigenvalue weighted by atomic mass is 10.2. The molecule has 0 amide bonds. The fourth-order valence-electron chi connectivity index (χ4n) is 2.18. The van der Waals surface area contributed by atoms with Crippen molar-refractivity contribution >= 4 is 23.9 Å². The van der Waals surface area contributed by atoms with E-state index >= 15 is 0 Å². The van der Waals surface area contributed by atoms with Gasteiger partial charge in [0.05, 0.1) is 0 Å². The summed E-state index contributed by atoms with van der Waals surface area (Å²) in [6.45, 7) is 7.22. The monoisotopic (exact) mass is 410 g/mol. The van der Waals surface area contributed by atoms with Crippen molar-refractivity contribution in [3.63, 3.8) is 0 Å². The molecule has 0 aromatic heterocycles. The topological polar surface area (TPSA) is 105 Å². The molecule has 0 heterocycles. The normalized spacial score (nSPS) is 9.73. The van der Waals surface area contributed by atoms with Gasteiger partial charge in [-0.3, -0.25) is 0 Å². The first-order valence-electron chi connectivity index (χ1n) is 8.66. The number of ether oxygens (including phenoxy) is 4. The molecule has 0 saturated carbocycles. The molecule has 8 nitrogen and oxygen atoms in total. The van der Waals surface area contributed by atoms with Crippen molar-refractivity contribution in [1.82, 2.24) is 0 Å². The summed E-state index contributed by atoms with van der Waals surface area (Å²) in [6.07, 6.45) is 2.93. The summed E-state index contributed by atoms with van der Waals surface area (Å²) in [6, 6.07) is 11.9. The van der Waals surface area contributed by atoms with Crippen LogP contribution >= 0.6 is 0 Å². The minimum atomic E-state index is -1.66. The van der Waals surface area contributed by atoms with Crippen LogP contribution in [0.3, 0.4) is 0 Å². The predicted molar refractivity (Wildman–Crippen MR) is 105 cm³/mol. The highest BCUT2D eigenvalue weighted by atomic mass is 16.6. The number of para-hydroxylation sites is 2. The maximum Gasteiger partial charge on any atom is 0.425 e. The van der Waals surface area contributed by atoms with Crippen LogP contribution in [0.15, 0.2) is 73.8 Å². The van der Waals surface area contributed by atoms with Crippen LogP contribution in [0.1, 0.15) is 20.7 Å². The van der Waals surface area contributed by atoms with Crippen LogP contribution < -0.4 is 9.47 Å². The first kappa shape index (κ1) is 22.1. The van der Waals surface area contributed by atoms with Crippen molar-refractivity contribution in [3.8, 4) is 11.5 Å². The van der Waals surface area contributed by atoms with Crippen molar-refractivity contribution in [2.75, 3.05) is 13.2 Å². The summed E-state index contributed by atoms with van der Waals surface area (Å²) in [5.74, 6) is -5.33. The SMILES string of the molecule is C=CCOc1ccccc1C(=O)OC(=O)C(=O)OC(=O)c1ccccc1OCC=C. The van der Waals surface area contributed by atoms with E-state index < -0.39 is 23.9 Å². The molecule has 0 saturated heterocycles. The predicted octanol–water partition coefficient (Wildman–Crippen LogP) is 2.88. The number of hydrogen-bond acceptors (Lipinski definition) is 8. The van der Waals surface area contributed by atoms with Gasteiger partial charge in [0.1, 0.15) is 35.8 Å². The van der Waals surface area contributed by atoms with E-state index in [9.17, 15) is 19.2 Å². The number of esters is 4. The van der Waals surface area contributed by atoms with Crippen LogP contribution in [0.2, 0.25) is 0 Å².